The van der Waals surface area contributed by atoms with Crippen molar-refractivity contribution in [2.24, 2.45) is 5.92 Å². The van der Waals surface area contributed by atoms with Crippen molar-refractivity contribution in [1.82, 2.24) is 4.90 Å². The predicted molar refractivity (Wildman–Crippen MR) is 102 cm³/mol. The Balaban J connectivity index is 2.72. The first-order valence-corrected chi connectivity index (χ1v) is 9.13. The van der Waals surface area contributed by atoms with Gasteiger partial charge in [-0.05, 0) is 36.6 Å². The van der Waals surface area contributed by atoms with Crippen LogP contribution in [0.15, 0.2) is 28.7 Å². The molecule has 0 radical (unpaired) electrons. The van der Waals surface area contributed by atoms with E-state index in [1.165, 1.54) is 11.9 Å². The molecule has 0 saturated heterocycles. The van der Waals surface area contributed by atoms with Gasteiger partial charge >= 0.3 is 6.09 Å². The first-order valence-electron chi connectivity index (χ1n) is 8.33. The summed E-state index contributed by atoms with van der Waals surface area (Å²) in [6, 6.07) is 6.94. The number of anilines is 1. The Labute approximate surface area is 161 Å². The molecule has 0 aromatic heterocycles. The number of likely N-dealkylation sites (N-methyl/N-ethyl adjacent to an activating group) is 1. The monoisotopic (exact) mass is 428 g/mol. The molecule has 1 atom stereocenters. The number of ketones is 1. The highest BCUT2D eigenvalue weighted by Crippen LogP contribution is 2.16. The molecule has 144 valence electrons. The molecule has 1 aromatic rings. The van der Waals surface area contributed by atoms with E-state index < -0.39 is 18.1 Å². The molecular formula is C18H25BrN2O5. The lowest BCUT2D eigenvalue weighted by Crippen LogP contribution is -2.42. The van der Waals surface area contributed by atoms with Gasteiger partial charge in [0.05, 0.1) is 13.2 Å². The molecular weight excluding hydrogens is 404 g/mol. The number of nitrogens with one attached hydrogen (secondary N) is 1. The number of nitrogens with zero attached hydrogens (tertiary/aromatic N) is 1. The van der Waals surface area contributed by atoms with Crippen LogP contribution < -0.4 is 5.32 Å². The van der Waals surface area contributed by atoms with E-state index in [2.05, 4.69) is 21.2 Å². The average Bonchev–Trinajstić information content (AvgIpc) is 2.55. The third kappa shape index (κ3) is 7.97. The molecule has 0 aliphatic heterocycles. The van der Waals surface area contributed by atoms with Gasteiger partial charge in [-0.2, -0.15) is 0 Å². The summed E-state index contributed by atoms with van der Waals surface area (Å²) in [5, 5.41) is 11.4. The van der Waals surface area contributed by atoms with Gasteiger partial charge in [0.1, 0.15) is 0 Å². The van der Waals surface area contributed by atoms with Gasteiger partial charge in [-0.1, -0.05) is 29.8 Å². The van der Waals surface area contributed by atoms with Gasteiger partial charge < -0.3 is 14.7 Å². The van der Waals surface area contributed by atoms with Gasteiger partial charge in [0.15, 0.2) is 11.9 Å². The summed E-state index contributed by atoms with van der Waals surface area (Å²) in [4.78, 5) is 37.5. The van der Waals surface area contributed by atoms with E-state index in [-0.39, 0.29) is 31.3 Å². The maximum atomic E-state index is 12.6. The minimum absolute atomic E-state index is 0.0165. The average molecular weight is 429 g/mol. The van der Waals surface area contributed by atoms with Gasteiger partial charge in [-0.25, -0.2) is 4.79 Å². The van der Waals surface area contributed by atoms with E-state index in [9.17, 15) is 14.4 Å². The van der Waals surface area contributed by atoms with Crippen molar-refractivity contribution in [1.29, 1.82) is 0 Å². The lowest BCUT2D eigenvalue weighted by molar-refractivity contribution is -0.142. The number of hydrogen-bond acceptors (Lipinski definition) is 5. The summed E-state index contributed by atoms with van der Waals surface area (Å²) < 4.78 is 6.18. The lowest BCUT2D eigenvalue weighted by Gasteiger charge is -2.24. The van der Waals surface area contributed by atoms with E-state index in [1.807, 2.05) is 13.8 Å². The van der Waals surface area contributed by atoms with Crippen molar-refractivity contribution < 1.29 is 24.2 Å². The van der Waals surface area contributed by atoms with Crippen LogP contribution in [0.4, 0.5) is 10.5 Å². The normalized spacial score (nSPS) is 11.8. The summed E-state index contributed by atoms with van der Waals surface area (Å²) in [7, 11) is 1.47. The van der Waals surface area contributed by atoms with E-state index in [1.54, 1.807) is 24.3 Å². The van der Waals surface area contributed by atoms with Crippen LogP contribution in [0, 0.1) is 5.92 Å². The standard InChI is InChI=1S/C18H25BrN2O5/c1-12(2)10-16(17(24)21(3)11-15(23)8-9-22)26-18(25)20-14-6-4-13(19)5-7-14/h4-7,12,16,22H,8-11H2,1-3H3,(H,20,25)/t16-/m0/s1. The summed E-state index contributed by atoms with van der Waals surface area (Å²) >= 11 is 3.31. The number of ether oxygens (including phenoxy) is 1. The van der Waals surface area contributed by atoms with Gasteiger partial charge in [-0.3, -0.25) is 14.9 Å². The molecule has 0 aliphatic carbocycles. The smallest absolute Gasteiger partial charge is 0.412 e. The molecule has 1 aromatic carbocycles. The molecule has 26 heavy (non-hydrogen) atoms. The number of hydrogen-bond donors (Lipinski definition) is 2. The van der Waals surface area contributed by atoms with Crippen LogP contribution in [0.25, 0.3) is 0 Å². The van der Waals surface area contributed by atoms with E-state index in [0.717, 1.165) is 4.47 Å². The molecule has 0 aliphatic rings. The number of aliphatic hydroxyl groups excluding tert-OH is 1. The number of amides is 2. The number of rotatable bonds is 9. The molecule has 0 fully saturated rings. The second-order valence-corrected chi connectivity index (χ2v) is 7.28. The summed E-state index contributed by atoms with van der Waals surface area (Å²) in [5.74, 6) is -0.590. The summed E-state index contributed by atoms with van der Waals surface area (Å²) in [5.41, 5.74) is 0.542. The highest BCUT2D eigenvalue weighted by atomic mass is 79.9. The molecule has 0 unspecified atom stereocenters. The second-order valence-electron chi connectivity index (χ2n) is 6.36. The van der Waals surface area contributed by atoms with Crippen molar-refractivity contribution in [3.8, 4) is 0 Å². The topological polar surface area (TPSA) is 95.9 Å². The summed E-state index contributed by atoms with van der Waals surface area (Å²) in [6.45, 7) is 3.43. The van der Waals surface area contributed by atoms with Crippen molar-refractivity contribution >= 4 is 39.4 Å². The Kier molecular flexibility index (Phi) is 9.29. The Morgan fingerprint density at radius 3 is 2.38 bits per heavy atom. The zero-order valence-electron chi connectivity index (χ0n) is 15.2. The van der Waals surface area contributed by atoms with Crippen molar-refractivity contribution in [3.63, 3.8) is 0 Å². The SMILES string of the molecule is CC(C)C[C@H](OC(=O)Nc1ccc(Br)cc1)C(=O)N(C)CC(=O)CCO. The van der Waals surface area contributed by atoms with E-state index in [0.29, 0.717) is 12.1 Å². The third-order valence-corrected chi connectivity index (χ3v) is 4.01. The van der Waals surface area contributed by atoms with E-state index >= 15 is 0 Å². The minimum atomic E-state index is -0.989. The van der Waals surface area contributed by atoms with Crippen LogP contribution >= 0.6 is 15.9 Å². The molecule has 0 heterocycles. The van der Waals surface area contributed by atoms with Crippen LogP contribution in [0.3, 0.4) is 0 Å². The van der Waals surface area contributed by atoms with Crippen LogP contribution in [-0.4, -0.2) is 54.1 Å². The Hall–Kier alpha value is -1.93. The lowest BCUT2D eigenvalue weighted by atomic mass is 10.0. The first-order chi connectivity index (χ1) is 12.2. The molecule has 0 spiro atoms. The molecule has 1 rings (SSSR count). The fourth-order valence-corrected chi connectivity index (χ4v) is 2.49. The van der Waals surface area contributed by atoms with Gasteiger partial charge in [-0.15, -0.1) is 0 Å². The van der Waals surface area contributed by atoms with Crippen LogP contribution in [0.2, 0.25) is 0 Å². The van der Waals surface area contributed by atoms with E-state index in [4.69, 9.17) is 9.84 Å². The van der Waals surface area contributed by atoms with Gasteiger partial charge in [0, 0.05) is 23.6 Å². The zero-order valence-corrected chi connectivity index (χ0v) is 16.8. The number of aliphatic hydroxyl groups is 1. The van der Waals surface area contributed by atoms with Crippen molar-refractivity contribution in [2.45, 2.75) is 32.8 Å². The van der Waals surface area contributed by atoms with Crippen molar-refractivity contribution in [3.05, 3.63) is 28.7 Å². The maximum Gasteiger partial charge on any atom is 0.412 e. The Bertz CT molecular complexity index is 619. The number of halogens is 1. The minimum Gasteiger partial charge on any atom is -0.436 e. The second kappa shape index (κ2) is 10.9. The van der Waals surface area contributed by atoms with Crippen LogP contribution in [-0.2, 0) is 14.3 Å². The Morgan fingerprint density at radius 2 is 1.85 bits per heavy atom. The molecule has 0 bridgehead atoms. The Morgan fingerprint density at radius 1 is 1.23 bits per heavy atom. The van der Waals surface area contributed by atoms with Crippen LogP contribution in [0.5, 0.6) is 0 Å². The highest BCUT2D eigenvalue weighted by Gasteiger charge is 2.28. The largest absolute Gasteiger partial charge is 0.436 e. The van der Waals surface area contributed by atoms with Crippen LogP contribution in [0.1, 0.15) is 26.7 Å². The summed E-state index contributed by atoms with van der Waals surface area (Å²) in [6.07, 6.45) is -1.40. The number of Topliss-reactive ketones (excluding diaryl/α,β-unsaturated/α-hetero) is 1. The zero-order chi connectivity index (χ0) is 19.7. The number of carbonyl (C=O) groups is 3. The molecule has 7 nitrogen and oxygen atoms in total. The van der Waals surface area contributed by atoms with Crippen molar-refractivity contribution in [2.75, 3.05) is 25.5 Å². The molecule has 2 amide bonds. The third-order valence-electron chi connectivity index (χ3n) is 3.48. The highest BCUT2D eigenvalue weighted by molar-refractivity contribution is 9.10. The van der Waals surface area contributed by atoms with Gasteiger partial charge in [0.2, 0.25) is 0 Å². The quantitative estimate of drug-likeness (QED) is 0.630. The molecule has 8 heteroatoms. The predicted octanol–water partition coefficient (Wildman–Crippen LogP) is 2.82. The number of benzene rings is 1. The first kappa shape index (κ1) is 22.1. The molecule has 0 saturated carbocycles. The molecule has 2 N–H and O–H groups in total. The fraction of sp³-hybridized carbons (Fsp3) is 0.500. The van der Waals surface area contributed by atoms with Gasteiger partial charge in [0.25, 0.3) is 5.91 Å². The fourth-order valence-electron chi connectivity index (χ4n) is 2.23. The maximum absolute atomic E-state index is 12.6. The number of carbonyl (C=O) groups excluding carboxylic acids is 3.